The number of nitrogens with one attached hydrogen (secondary N) is 1. The van der Waals surface area contributed by atoms with Crippen LogP contribution < -0.4 is 5.32 Å². The zero-order chi connectivity index (χ0) is 30.5. The number of ketones is 2. The van der Waals surface area contributed by atoms with E-state index in [1.54, 1.807) is 6.92 Å². The van der Waals surface area contributed by atoms with Gasteiger partial charge in [-0.2, -0.15) is 13.2 Å². The number of rotatable bonds is 11. The molecule has 0 amide bonds. The molecule has 0 fully saturated rings. The maximum atomic E-state index is 12.9. The van der Waals surface area contributed by atoms with Crippen molar-refractivity contribution in [2.45, 2.75) is 52.8 Å². The standard InChI is InChI=1S/C27H28F3N3O7/c1-7-26(4,13-25(2,3)23(37)40-14-27(28,29)30)24(38)39-12-15(34)11-33-17-10-8-9-16-18(17)22(36)20(32-6)19(31-5)21(16)35/h8-10,15,33-34H,7,11-14H2,1-4H3. The minimum Gasteiger partial charge on any atom is -0.462 e. The van der Waals surface area contributed by atoms with E-state index in [0.717, 1.165) is 0 Å². The Morgan fingerprint density at radius 2 is 1.62 bits per heavy atom. The zero-order valence-electron chi connectivity index (χ0n) is 22.3. The van der Waals surface area contributed by atoms with Gasteiger partial charge >= 0.3 is 18.1 Å². The third-order valence-electron chi connectivity index (χ3n) is 6.37. The van der Waals surface area contributed by atoms with Crippen molar-refractivity contribution in [1.29, 1.82) is 0 Å². The van der Waals surface area contributed by atoms with E-state index in [1.165, 1.54) is 39.0 Å². The number of halogens is 3. The lowest BCUT2D eigenvalue weighted by Gasteiger charge is -2.34. The van der Waals surface area contributed by atoms with Crippen LogP contribution in [0.15, 0.2) is 29.6 Å². The first-order valence-corrected chi connectivity index (χ1v) is 12.1. The Bertz CT molecular complexity index is 1320. The second-order valence-electron chi connectivity index (χ2n) is 10.1. The lowest BCUT2D eigenvalue weighted by molar-refractivity contribution is -0.194. The molecule has 0 saturated heterocycles. The maximum absolute atomic E-state index is 12.9. The fourth-order valence-corrected chi connectivity index (χ4v) is 4.17. The number of carbonyl (C=O) groups is 4. The Labute approximate surface area is 228 Å². The van der Waals surface area contributed by atoms with Crippen LogP contribution in [0.5, 0.6) is 0 Å². The number of nitrogens with zero attached hydrogens (tertiary/aromatic N) is 2. The molecule has 1 aromatic carbocycles. The Kier molecular flexibility index (Phi) is 9.84. The van der Waals surface area contributed by atoms with Gasteiger partial charge in [-0.1, -0.05) is 19.1 Å². The number of benzene rings is 1. The molecule has 10 nitrogen and oxygen atoms in total. The molecule has 0 bridgehead atoms. The molecule has 2 unspecified atom stereocenters. The fraction of sp³-hybridized carbons (Fsp3) is 0.481. The quantitative estimate of drug-likeness (QED) is 0.300. The normalized spacial score (nSPS) is 15.8. The van der Waals surface area contributed by atoms with Gasteiger partial charge in [0, 0.05) is 23.4 Å². The van der Waals surface area contributed by atoms with E-state index < -0.39 is 71.2 Å². The van der Waals surface area contributed by atoms with E-state index in [2.05, 4.69) is 19.7 Å². The van der Waals surface area contributed by atoms with Crippen LogP contribution in [0, 0.1) is 24.0 Å². The fourth-order valence-electron chi connectivity index (χ4n) is 4.17. The summed E-state index contributed by atoms with van der Waals surface area (Å²) in [5.41, 5.74) is -3.95. The predicted octanol–water partition coefficient (Wildman–Crippen LogP) is 4.37. The number of Topliss-reactive ketones (excluding diaryl/α,β-unsaturated/α-hetero) is 2. The Morgan fingerprint density at radius 3 is 2.17 bits per heavy atom. The average molecular weight is 564 g/mol. The van der Waals surface area contributed by atoms with Gasteiger partial charge in [-0.05, 0) is 39.7 Å². The summed E-state index contributed by atoms with van der Waals surface area (Å²) in [5.74, 6) is -3.49. The van der Waals surface area contributed by atoms with Gasteiger partial charge in [0.2, 0.25) is 11.4 Å². The summed E-state index contributed by atoms with van der Waals surface area (Å²) >= 11 is 0. The largest absolute Gasteiger partial charge is 0.462 e. The average Bonchev–Trinajstić information content (AvgIpc) is 2.89. The van der Waals surface area contributed by atoms with Crippen molar-refractivity contribution < 1.29 is 46.9 Å². The van der Waals surface area contributed by atoms with Crippen LogP contribution >= 0.6 is 0 Å². The van der Waals surface area contributed by atoms with E-state index in [1.807, 2.05) is 0 Å². The molecule has 2 rings (SSSR count). The van der Waals surface area contributed by atoms with Crippen LogP contribution in [0.1, 0.15) is 61.3 Å². The molecular formula is C27H28F3N3O7. The van der Waals surface area contributed by atoms with Gasteiger partial charge in [0.05, 0.1) is 24.0 Å². The maximum Gasteiger partial charge on any atom is 0.422 e. The summed E-state index contributed by atoms with van der Waals surface area (Å²) in [4.78, 5) is 56.6. The van der Waals surface area contributed by atoms with E-state index in [-0.39, 0.29) is 36.2 Å². The highest BCUT2D eigenvalue weighted by molar-refractivity contribution is 6.30. The Balaban J connectivity index is 2.05. The SMILES string of the molecule is [C-]#[N+]C1=C([N+]#[C-])C(=O)c2c(NCC(O)COC(=O)C(C)(CC)CC(C)(C)C(=O)OCC(F)(F)F)cccc2C1=O. The molecule has 1 aliphatic rings. The molecular weight excluding hydrogens is 535 g/mol. The Morgan fingerprint density at radius 1 is 1.02 bits per heavy atom. The van der Waals surface area contributed by atoms with Crippen molar-refractivity contribution in [1.82, 2.24) is 0 Å². The third kappa shape index (κ3) is 7.24. The Hall–Kier alpha value is -4.23. The molecule has 0 heterocycles. The monoisotopic (exact) mass is 563 g/mol. The minimum absolute atomic E-state index is 0.0654. The summed E-state index contributed by atoms with van der Waals surface area (Å²) in [6, 6.07) is 4.25. The first kappa shape index (κ1) is 32.0. The minimum atomic E-state index is -4.69. The van der Waals surface area contributed by atoms with Crippen LogP contribution in [0.2, 0.25) is 0 Å². The molecule has 0 aromatic heterocycles. The second-order valence-corrected chi connectivity index (χ2v) is 10.1. The lowest BCUT2D eigenvalue weighted by Crippen LogP contribution is -2.40. The van der Waals surface area contributed by atoms with Crippen molar-refractivity contribution >= 4 is 29.2 Å². The summed E-state index contributed by atoms with van der Waals surface area (Å²) in [7, 11) is 0. The van der Waals surface area contributed by atoms with Gasteiger partial charge in [0.15, 0.2) is 18.2 Å². The molecule has 0 aliphatic heterocycles. The van der Waals surface area contributed by atoms with Gasteiger partial charge < -0.3 is 29.5 Å². The third-order valence-corrected chi connectivity index (χ3v) is 6.37. The first-order valence-electron chi connectivity index (χ1n) is 12.1. The summed E-state index contributed by atoms with van der Waals surface area (Å²) in [5, 5.41) is 13.2. The number of aliphatic hydroxyl groups excluding tert-OH is 1. The van der Waals surface area contributed by atoms with E-state index >= 15 is 0 Å². The van der Waals surface area contributed by atoms with Gasteiger partial charge in [-0.3, -0.25) is 9.59 Å². The molecule has 13 heteroatoms. The number of hydrogen-bond donors (Lipinski definition) is 2. The van der Waals surface area contributed by atoms with Gasteiger partial charge in [0.25, 0.3) is 0 Å². The topological polar surface area (TPSA) is 128 Å². The van der Waals surface area contributed by atoms with Crippen LogP contribution in [0.3, 0.4) is 0 Å². The number of fused-ring (bicyclic) bond motifs is 1. The number of allylic oxidation sites excluding steroid dienone is 2. The van der Waals surface area contributed by atoms with Crippen LogP contribution in [0.4, 0.5) is 18.9 Å². The lowest BCUT2D eigenvalue weighted by atomic mass is 9.72. The van der Waals surface area contributed by atoms with Crippen molar-refractivity contribution in [3.05, 3.63) is 63.6 Å². The summed E-state index contributed by atoms with van der Waals surface area (Å²) in [6.07, 6.45) is -6.00. The number of anilines is 1. The van der Waals surface area contributed by atoms with Crippen LogP contribution in [-0.2, 0) is 19.1 Å². The molecule has 0 radical (unpaired) electrons. The van der Waals surface area contributed by atoms with E-state index in [4.69, 9.17) is 17.9 Å². The number of hydrogen-bond acceptors (Lipinski definition) is 8. The first-order chi connectivity index (χ1) is 18.5. The highest BCUT2D eigenvalue weighted by Gasteiger charge is 2.44. The molecule has 2 atom stereocenters. The molecule has 214 valence electrons. The highest BCUT2D eigenvalue weighted by atomic mass is 19.4. The number of carbonyl (C=O) groups excluding carboxylic acids is 4. The number of ether oxygens (including phenoxy) is 2. The highest BCUT2D eigenvalue weighted by Crippen LogP contribution is 2.39. The van der Waals surface area contributed by atoms with Crippen molar-refractivity contribution in [2.75, 3.05) is 25.1 Å². The number of aliphatic hydroxyl groups is 1. The number of esters is 2. The van der Waals surface area contributed by atoms with Crippen LogP contribution in [0.25, 0.3) is 9.69 Å². The second kappa shape index (κ2) is 12.3. The summed E-state index contributed by atoms with van der Waals surface area (Å²) in [6.45, 7) is 17.7. The number of alkyl halides is 3. The molecule has 2 N–H and O–H groups in total. The molecule has 1 aliphatic carbocycles. The van der Waals surface area contributed by atoms with Crippen molar-refractivity contribution in [3.63, 3.8) is 0 Å². The van der Waals surface area contributed by atoms with Crippen molar-refractivity contribution in [2.24, 2.45) is 10.8 Å². The molecule has 1 aromatic rings. The van der Waals surface area contributed by atoms with Crippen molar-refractivity contribution in [3.8, 4) is 0 Å². The molecule has 40 heavy (non-hydrogen) atoms. The van der Waals surface area contributed by atoms with Gasteiger partial charge in [0.1, 0.15) is 12.7 Å². The molecule has 0 spiro atoms. The zero-order valence-corrected chi connectivity index (χ0v) is 22.3. The van der Waals surface area contributed by atoms with E-state index in [9.17, 15) is 37.5 Å². The van der Waals surface area contributed by atoms with Gasteiger partial charge in [-0.15, -0.1) is 0 Å². The van der Waals surface area contributed by atoms with Gasteiger partial charge in [-0.25, -0.2) is 9.69 Å². The smallest absolute Gasteiger partial charge is 0.422 e. The van der Waals surface area contributed by atoms with Crippen LogP contribution in [-0.4, -0.2) is 60.7 Å². The summed E-state index contributed by atoms with van der Waals surface area (Å²) < 4.78 is 46.9. The molecule has 0 saturated carbocycles. The predicted molar refractivity (Wildman–Crippen MR) is 135 cm³/mol. The van der Waals surface area contributed by atoms with E-state index in [0.29, 0.717) is 0 Å².